The lowest BCUT2D eigenvalue weighted by Gasteiger charge is -2.04. The summed E-state index contributed by atoms with van der Waals surface area (Å²) in [7, 11) is -3.44. The van der Waals surface area contributed by atoms with Crippen LogP contribution in [-0.2, 0) is 16.6 Å². The van der Waals surface area contributed by atoms with Gasteiger partial charge in [0, 0.05) is 5.41 Å². The summed E-state index contributed by atoms with van der Waals surface area (Å²) in [5.41, 5.74) is 0.483. The smallest absolute Gasteiger partial charge is 0.233 e. The molecule has 0 saturated carbocycles. The van der Waals surface area contributed by atoms with Gasteiger partial charge in [-0.05, 0) is 6.92 Å². The Labute approximate surface area is 94.4 Å². The minimum Gasteiger partial charge on any atom is -0.477 e. The fraction of sp³-hybridized carbons (Fsp3) is 0.333. The van der Waals surface area contributed by atoms with E-state index in [1.54, 1.807) is 0 Å². The summed E-state index contributed by atoms with van der Waals surface area (Å²) in [6.45, 7) is 5.55. The standard InChI is InChI=1S/C9H13N3O3S/c1-3-15-9-7-10-5-8(12-9)6-11-16(13,14)4-2/h4-5,7,11H,2-3,6H2,1H3. The van der Waals surface area contributed by atoms with Gasteiger partial charge in [-0.25, -0.2) is 18.1 Å². The molecule has 1 heterocycles. The second-order valence-corrected chi connectivity index (χ2v) is 4.53. The van der Waals surface area contributed by atoms with E-state index in [1.807, 2.05) is 6.92 Å². The molecule has 88 valence electrons. The third-order valence-corrected chi connectivity index (χ3v) is 2.61. The number of hydrogen-bond acceptors (Lipinski definition) is 5. The third kappa shape index (κ3) is 3.95. The quantitative estimate of drug-likeness (QED) is 0.784. The highest BCUT2D eigenvalue weighted by atomic mass is 32.2. The zero-order chi connectivity index (χ0) is 12.0. The van der Waals surface area contributed by atoms with Crippen molar-refractivity contribution in [3.63, 3.8) is 0 Å². The fourth-order valence-electron chi connectivity index (χ4n) is 0.922. The maximum atomic E-state index is 11.1. The van der Waals surface area contributed by atoms with E-state index in [-0.39, 0.29) is 6.54 Å². The maximum Gasteiger partial charge on any atom is 0.233 e. The van der Waals surface area contributed by atoms with Crippen LogP contribution < -0.4 is 9.46 Å². The Morgan fingerprint density at radius 3 is 2.94 bits per heavy atom. The van der Waals surface area contributed by atoms with Gasteiger partial charge in [-0.15, -0.1) is 0 Å². The molecule has 1 rings (SSSR count). The van der Waals surface area contributed by atoms with E-state index < -0.39 is 10.0 Å². The van der Waals surface area contributed by atoms with Gasteiger partial charge in [0.1, 0.15) is 0 Å². The Hall–Kier alpha value is -1.47. The summed E-state index contributed by atoms with van der Waals surface area (Å²) >= 11 is 0. The van der Waals surface area contributed by atoms with Crippen molar-refractivity contribution in [1.29, 1.82) is 0 Å². The molecule has 0 atom stereocenters. The molecule has 0 saturated heterocycles. The number of hydrogen-bond donors (Lipinski definition) is 1. The van der Waals surface area contributed by atoms with Crippen molar-refractivity contribution < 1.29 is 13.2 Å². The first-order chi connectivity index (χ1) is 7.57. The van der Waals surface area contributed by atoms with Crippen LogP contribution in [0.2, 0.25) is 0 Å². The highest BCUT2D eigenvalue weighted by Gasteiger charge is 2.05. The normalized spacial score (nSPS) is 11.1. The van der Waals surface area contributed by atoms with Crippen LogP contribution in [0.5, 0.6) is 5.88 Å². The number of nitrogens with zero attached hydrogens (tertiary/aromatic N) is 2. The summed E-state index contributed by atoms with van der Waals surface area (Å²) in [4.78, 5) is 7.94. The molecule has 6 nitrogen and oxygen atoms in total. The van der Waals surface area contributed by atoms with Crippen LogP contribution in [0.1, 0.15) is 12.6 Å². The van der Waals surface area contributed by atoms with Crippen LogP contribution in [-0.4, -0.2) is 25.0 Å². The highest BCUT2D eigenvalue weighted by molar-refractivity contribution is 7.92. The molecule has 1 aromatic rings. The first kappa shape index (κ1) is 12.6. The summed E-state index contributed by atoms with van der Waals surface area (Å²) in [6.07, 6.45) is 2.93. The Morgan fingerprint density at radius 1 is 1.56 bits per heavy atom. The maximum absolute atomic E-state index is 11.1. The second-order valence-electron chi connectivity index (χ2n) is 2.81. The number of rotatable bonds is 6. The van der Waals surface area contributed by atoms with Gasteiger partial charge >= 0.3 is 0 Å². The molecule has 1 aromatic heterocycles. The van der Waals surface area contributed by atoms with Crippen molar-refractivity contribution in [2.45, 2.75) is 13.5 Å². The topological polar surface area (TPSA) is 81.2 Å². The molecule has 0 aromatic carbocycles. The van der Waals surface area contributed by atoms with E-state index in [0.717, 1.165) is 5.41 Å². The van der Waals surface area contributed by atoms with Crippen LogP contribution in [0.25, 0.3) is 0 Å². The van der Waals surface area contributed by atoms with Gasteiger partial charge in [-0.1, -0.05) is 6.58 Å². The van der Waals surface area contributed by atoms with Gasteiger partial charge in [0.25, 0.3) is 0 Å². The van der Waals surface area contributed by atoms with Gasteiger partial charge in [-0.3, -0.25) is 4.98 Å². The van der Waals surface area contributed by atoms with Gasteiger partial charge in [0.2, 0.25) is 15.9 Å². The van der Waals surface area contributed by atoms with Gasteiger partial charge < -0.3 is 4.74 Å². The molecule has 7 heteroatoms. The Bertz CT molecular complexity index is 459. The number of ether oxygens (including phenoxy) is 1. The lowest BCUT2D eigenvalue weighted by atomic mass is 10.4. The van der Waals surface area contributed by atoms with E-state index in [0.29, 0.717) is 18.2 Å². The lowest BCUT2D eigenvalue weighted by molar-refractivity contribution is 0.324. The molecule has 0 spiro atoms. The molecule has 16 heavy (non-hydrogen) atoms. The van der Waals surface area contributed by atoms with Crippen molar-refractivity contribution >= 4 is 10.0 Å². The minimum atomic E-state index is -3.44. The zero-order valence-corrected chi connectivity index (χ0v) is 9.70. The molecule has 0 aliphatic rings. The van der Waals surface area contributed by atoms with E-state index in [9.17, 15) is 8.42 Å². The monoisotopic (exact) mass is 243 g/mol. The second kappa shape index (κ2) is 5.57. The molecule has 0 unspecified atom stereocenters. The predicted octanol–water partition coefficient (Wildman–Crippen LogP) is 0.438. The highest BCUT2D eigenvalue weighted by Crippen LogP contribution is 2.04. The SMILES string of the molecule is C=CS(=O)(=O)NCc1cncc(OCC)n1. The predicted molar refractivity (Wildman–Crippen MR) is 59.2 cm³/mol. The third-order valence-electron chi connectivity index (χ3n) is 1.63. The summed E-state index contributed by atoms with van der Waals surface area (Å²) in [5, 5.41) is 0.840. The van der Waals surface area contributed by atoms with Crippen molar-refractivity contribution in [3.8, 4) is 5.88 Å². The molecule has 1 N–H and O–H groups in total. The van der Waals surface area contributed by atoms with Crippen LogP contribution in [0.3, 0.4) is 0 Å². The summed E-state index contributed by atoms with van der Waals surface area (Å²) < 4.78 is 29.6. The largest absolute Gasteiger partial charge is 0.477 e. The number of aromatic nitrogens is 2. The van der Waals surface area contributed by atoms with Gasteiger partial charge in [0.15, 0.2) is 0 Å². The molecule has 0 amide bonds. The van der Waals surface area contributed by atoms with Crippen molar-refractivity contribution in [2.24, 2.45) is 0 Å². The summed E-state index contributed by atoms with van der Waals surface area (Å²) in [5.74, 6) is 0.373. The molecule has 0 fully saturated rings. The number of nitrogens with one attached hydrogen (secondary N) is 1. The van der Waals surface area contributed by atoms with Crippen LogP contribution in [0, 0.1) is 0 Å². The zero-order valence-electron chi connectivity index (χ0n) is 8.88. The van der Waals surface area contributed by atoms with E-state index in [4.69, 9.17) is 4.74 Å². The Kier molecular flexibility index (Phi) is 4.39. The Balaban J connectivity index is 2.67. The van der Waals surface area contributed by atoms with E-state index in [1.165, 1.54) is 12.4 Å². The van der Waals surface area contributed by atoms with Gasteiger partial charge in [-0.2, -0.15) is 0 Å². The lowest BCUT2D eigenvalue weighted by Crippen LogP contribution is -2.21. The van der Waals surface area contributed by atoms with Crippen LogP contribution >= 0.6 is 0 Å². The van der Waals surface area contributed by atoms with Crippen LogP contribution in [0.15, 0.2) is 24.4 Å². The first-order valence-electron chi connectivity index (χ1n) is 4.63. The average Bonchev–Trinajstić information content (AvgIpc) is 2.28. The van der Waals surface area contributed by atoms with E-state index in [2.05, 4.69) is 21.3 Å². The molecular weight excluding hydrogens is 230 g/mol. The molecule has 0 aliphatic heterocycles. The van der Waals surface area contributed by atoms with Gasteiger partial charge in [0.05, 0.1) is 31.2 Å². The summed E-state index contributed by atoms with van der Waals surface area (Å²) in [6, 6.07) is 0. The first-order valence-corrected chi connectivity index (χ1v) is 6.18. The van der Waals surface area contributed by atoms with Crippen molar-refractivity contribution in [3.05, 3.63) is 30.1 Å². The van der Waals surface area contributed by atoms with Crippen molar-refractivity contribution in [2.75, 3.05) is 6.61 Å². The molecule has 0 bridgehead atoms. The molecule has 0 aliphatic carbocycles. The molecule has 0 radical (unpaired) electrons. The molecular formula is C9H13N3O3S. The fourth-order valence-corrected chi connectivity index (χ4v) is 1.39. The van der Waals surface area contributed by atoms with E-state index >= 15 is 0 Å². The number of sulfonamides is 1. The Morgan fingerprint density at radius 2 is 2.31 bits per heavy atom. The van der Waals surface area contributed by atoms with Crippen molar-refractivity contribution in [1.82, 2.24) is 14.7 Å². The average molecular weight is 243 g/mol. The van der Waals surface area contributed by atoms with Crippen LogP contribution in [0.4, 0.5) is 0 Å². The minimum absolute atomic E-state index is 0.0578.